The summed E-state index contributed by atoms with van der Waals surface area (Å²) in [6.45, 7) is 9.41. The standard InChI is InChI=1S/C22H29N3O3/c1-5-28-22(27)17-10-8-12-24(14-17)21(26)18-13-23-25(20(18)15(2)3)19-11-7-6-9-16(19)4/h6-7,9,11,13,15,17H,5,8,10,12,14H2,1-4H3/t17-/m0/s1. The van der Waals surface area contributed by atoms with Crippen LogP contribution >= 0.6 is 0 Å². The van der Waals surface area contributed by atoms with Crippen molar-refractivity contribution in [1.29, 1.82) is 0 Å². The first-order valence-electron chi connectivity index (χ1n) is 10.0. The number of benzene rings is 1. The molecule has 2 aromatic rings. The highest BCUT2D eigenvalue weighted by Gasteiger charge is 2.32. The van der Waals surface area contributed by atoms with Crippen molar-refractivity contribution in [2.45, 2.75) is 46.5 Å². The predicted molar refractivity (Wildman–Crippen MR) is 108 cm³/mol. The van der Waals surface area contributed by atoms with Crippen LogP contribution in [0.2, 0.25) is 0 Å². The Labute approximate surface area is 166 Å². The normalized spacial score (nSPS) is 17.0. The summed E-state index contributed by atoms with van der Waals surface area (Å²) >= 11 is 0. The molecule has 1 aliphatic rings. The number of hydrogen-bond donors (Lipinski definition) is 0. The maximum atomic E-state index is 13.3. The Morgan fingerprint density at radius 3 is 2.71 bits per heavy atom. The van der Waals surface area contributed by atoms with E-state index >= 15 is 0 Å². The lowest BCUT2D eigenvalue weighted by Crippen LogP contribution is -2.43. The zero-order chi connectivity index (χ0) is 20.3. The number of amides is 1. The van der Waals surface area contributed by atoms with Crippen molar-refractivity contribution in [1.82, 2.24) is 14.7 Å². The number of piperidine rings is 1. The first kappa shape index (κ1) is 20.1. The summed E-state index contributed by atoms with van der Waals surface area (Å²) in [7, 11) is 0. The van der Waals surface area contributed by atoms with Gasteiger partial charge in [0.2, 0.25) is 0 Å². The molecule has 1 aromatic carbocycles. The van der Waals surface area contributed by atoms with Crippen molar-refractivity contribution in [3.8, 4) is 5.69 Å². The van der Waals surface area contributed by atoms with Gasteiger partial charge in [-0.2, -0.15) is 5.10 Å². The summed E-state index contributed by atoms with van der Waals surface area (Å²) < 4.78 is 7.03. The summed E-state index contributed by atoms with van der Waals surface area (Å²) in [5.74, 6) is -0.379. The molecule has 6 nitrogen and oxygen atoms in total. The molecular weight excluding hydrogens is 354 g/mol. The minimum absolute atomic E-state index is 0.0578. The van der Waals surface area contributed by atoms with Gasteiger partial charge in [-0.05, 0) is 44.2 Å². The molecular formula is C22H29N3O3. The number of carbonyl (C=O) groups excluding carboxylic acids is 2. The Hall–Kier alpha value is -2.63. The fourth-order valence-electron chi connectivity index (χ4n) is 3.86. The molecule has 0 saturated carbocycles. The van der Waals surface area contributed by atoms with E-state index in [1.165, 1.54) is 0 Å². The SMILES string of the molecule is CCOC(=O)[C@H]1CCCN(C(=O)c2cnn(-c3ccccc3C)c2C(C)C)C1. The fourth-order valence-corrected chi connectivity index (χ4v) is 3.86. The van der Waals surface area contributed by atoms with Crippen molar-refractivity contribution >= 4 is 11.9 Å². The number of ether oxygens (including phenoxy) is 1. The van der Waals surface area contributed by atoms with Crippen molar-refractivity contribution in [2.75, 3.05) is 19.7 Å². The summed E-state index contributed by atoms with van der Waals surface area (Å²) in [6.07, 6.45) is 3.23. The quantitative estimate of drug-likeness (QED) is 0.738. The van der Waals surface area contributed by atoms with Gasteiger partial charge in [0.25, 0.3) is 5.91 Å². The molecule has 0 bridgehead atoms. The molecule has 1 fully saturated rings. The van der Waals surface area contributed by atoms with E-state index < -0.39 is 0 Å². The van der Waals surface area contributed by atoms with Crippen LogP contribution in [-0.4, -0.2) is 46.3 Å². The number of nitrogens with zero attached hydrogens (tertiary/aromatic N) is 3. The Morgan fingerprint density at radius 1 is 1.29 bits per heavy atom. The molecule has 1 aliphatic heterocycles. The molecule has 28 heavy (non-hydrogen) atoms. The number of aryl methyl sites for hydroxylation is 1. The number of para-hydroxylation sites is 1. The highest BCUT2D eigenvalue weighted by molar-refractivity contribution is 5.96. The average Bonchev–Trinajstić information content (AvgIpc) is 3.13. The van der Waals surface area contributed by atoms with Crippen molar-refractivity contribution in [2.24, 2.45) is 5.92 Å². The third-order valence-electron chi connectivity index (χ3n) is 5.26. The van der Waals surface area contributed by atoms with E-state index in [9.17, 15) is 9.59 Å². The van der Waals surface area contributed by atoms with Crippen LogP contribution in [0.3, 0.4) is 0 Å². The number of carbonyl (C=O) groups is 2. The molecule has 3 rings (SSSR count). The number of rotatable bonds is 5. The molecule has 150 valence electrons. The van der Waals surface area contributed by atoms with E-state index in [1.54, 1.807) is 18.0 Å². The van der Waals surface area contributed by atoms with Crippen molar-refractivity contribution in [3.63, 3.8) is 0 Å². The van der Waals surface area contributed by atoms with Crippen LogP contribution < -0.4 is 0 Å². The summed E-state index contributed by atoms with van der Waals surface area (Å²) in [5.41, 5.74) is 3.60. The third kappa shape index (κ3) is 3.96. The van der Waals surface area contributed by atoms with Gasteiger partial charge >= 0.3 is 5.97 Å². The Morgan fingerprint density at radius 2 is 2.04 bits per heavy atom. The van der Waals surface area contributed by atoms with Gasteiger partial charge in [0.1, 0.15) is 0 Å². The molecule has 0 spiro atoms. The second kappa shape index (κ2) is 8.59. The van der Waals surface area contributed by atoms with Crippen LogP contribution in [0.1, 0.15) is 61.1 Å². The Kier molecular flexibility index (Phi) is 6.17. The van der Waals surface area contributed by atoms with E-state index in [1.807, 2.05) is 35.9 Å². The second-order valence-corrected chi connectivity index (χ2v) is 7.64. The first-order chi connectivity index (χ1) is 13.4. The highest BCUT2D eigenvalue weighted by Crippen LogP contribution is 2.27. The van der Waals surface area contributed by atoms with E-state index in [0.29, 0.717) is 25.3 Å². The predicted octanol–water partition coefficient (Wildman–Crippen LogP) is 3.72. The average molecular weight is 383 g/mol. The molecule has 1 aromatic heterocycles. The number of likely N-dealkylation sites (tertiary alicyclic amines) is 1. The highest BCUT2D eigenvalue weighted by atomic mass is 16.5. The molecule has 1 amide bonds. The minimum atomic E-state index is -0.244. The summed E-state index contributed by atoms with van der Waals surface area (Å²) in [4.78, 5) is 27.2. The number of esters is 1. The smallest absolute Gasteiger partial charge is 0.310 e. The number of aromatic nitrogens is 2. The Balaban J connectivity index is 1.90. The molecule has 0 radical (unpaired) electrons. The molecule has 0 N–H and O–H groups in total. The third-order valence-corrected chi connectivity index (χ3v) is 5.26. The van der Waals surface area contributed by atoms with Crippen molar-refractivity contribution < 1.29 is 14.3 Å². The van der Waals surface area contributed by atoms with Gasteiger partial charge in [-0.3, -0.25) is 9.59 Å². The van der Waals surface area contributed by atoms with Gasteiger partial charge in [-0.25, -0.2) is 4.68 Å². The van der Waals surface area contributed by atoms with Gasteiger partial charge in [-0.15, -0.1) is 0 Å². The van der Waals surface area contributed by atoms with Gasteiger partial charge < -0.3 is 9.64 Å². The van der Waals surface area contributed by atoms with Gasteiger partial charge in [-0.1, -0.05) is 32.0 Å². The maximum Gasteiger partial charge on any atom is 0.310 e. The van der Waals surface area contributed by atoms with E-state index in [-0.39, 0.29) is 23.7 Å². The van der Waals surface area contributed by atoms with Crippen LogP contribution in [0.5, 0.6) is 0 Å². The van der Waals surface area contributed by atoms with Crippen LogP contribution in [0.25, 0.3) is 5.69 Å². The Bertz CT molecular complexity index is 856. The first-order valence-corrected chi connectivity index (χ1v) is 10.0. The zero-order valence-electron chi connectivity index (χ0n) is 17.1. The molecule has 1 saturated heterocycles. The van der Waals surface area contributed by atoms with Crippen LogP contribution in [0.4, 0.5) is 0 Å². The van der Waals surface area contributed by atoms with E-state index in [0.717, 1.165) is 29.8 Å². The molecule has 0 unspecified atom stereocenters. The summed E-state index contributed by atoms with van der Waals surface area (Å²) in [6, 6.07) is 8.02. The molecule has 1 atom stereocenters. The van der Waals surface area contributed by atoms with Gasteiger partial charge in [0, 0.05) is 13.1 Å². The van der Waals surface area contributed by atoms with Crippen LogP contribution in [0, 0.1) is 12.8 Å². The maximum absolute atomic E-state index is 13.3. The molecule has 0 aliphatic carbocycles. The van der Waals surface area contributed by atoms with Gasteiger partial charge in [0.15, 0.2) is 0 Å². The lowest BCUT2D eigenvalue weighted by atomic mass is 9.97. The van der Waals surface area contributed by atoms with Crippen LogP contribution in [0.15, 0.2) is 30.5 Å². The topological polar surface area (TPSA) is 64.4 Å². The minimum Gasteiger partial charge on any atom is -0.466 e. The number of hydrogen-bond acceptors (Lipinski definition) is 4. The molecule has 2 heterocycles. The fraction of sp³-hybridized carbons (Fsp3) is 0.500. The lowest BCUT2D eigenvalue weighted by Gasteiger charge is -2.31. The van der Waals surface area contributed by atoms with Gasteiger partial charge in [0.05, 0.1) is 35.7 Å². The largest absolute Gasteiger partial charge is 0.466 e. The second-order valence-electron chi connectivity index (χ2n) is 7.64. The lowest BCUT2D eigenvalue weighted by molar-refractivity contribution is -0.149. The van der Waals surface area contributed by atoms with Crippen LogP contribution in [-0.2, 0) is 9.53 Å². The van der Waals surface area contributed by atoms with E-state index in [4.69, 9.17) is 4.74 Å². The van der Waals surface area contributed by atoms with Crippen molar-refractivity contribution in [3.05, 3.63) is 47.3 Å². The monoisotopic (exact) mass is 383 g/mol. The zero-order valence-corrected chi connectivity index (χ0v) is 17.1. The summed E-state index contributed by atoms with van der Waals surface area (Å²) in [5, 5.41) is 4.55. The van der Waals surface area contributed by atoms with E-state index in [2.05, 4.69) is 18.9 Å². The molecule has 6 heteroatoms.